The van der Waals surface area contributed by atoms with Gasteiger partial charge >= 0.3 is 0 Å². The minimum atomic E-state index is 0.482. The third-order valence-corrected chi connectivity index (χ3v) is 3.44. The van der Waals surface area contributed by atoms with Crippen molar-refractivity contribution in [1.29, 1.82) is 0 Å². The molecule has 0 aliphatic rings. The van der Waals surface area contributed by atoms with Gasteiger partial charge in [0.2, 0.25) is 0 Å². The molecular formula is C8H8N4S2. The molecule has 0 aliphatic heterocycles. The van der Waals surface area contributed by atoms with Gasteiger partial charge in [-0.1, -0.05) is 0 Å². The number of nitrogen functional groups attached to an aromatic ring is 1. The molecular weight excluding hydrogens is 216 g/mol. The van der Waals surface area contributed by atoms with Crippen LogP contribution in [-0.4, -0.2) is 15.0 Å². The number of nitrogens with two attached hydrogens (primary N) is 1. The predicted molar refractivity (Wildman–Crippen MR) is 57.4 cm³/mol. The van der Waals surface area contributed by atoms with Crippen LogP contribution in [0.25, 0.3) is 0 Å². The summed E-state index contributed by atoms with van der Waals surface area (Å²) in [6.07, 6.45) is 1.46. The number of aromatic nitrogens is 3. The van der Waals surface area contributed by atoms with Crippen LogP contribution >= 0.6 is 23.1 Å². The Hall–Kier alpha value is -1.14. The molecule has 72 valence electrons. The van der Waals surface area contributed by atoms with Crippen molar-refractivity contribution < 1.29 is 0 Å². The number of hydrogen-bond donors (Lipinski definition) is 1. The molecule has 0 radical (unpaired) electrons. The van der Waals surface area contributed by atoms with E-state index in [0.717, 1.165) is 15.1 Å². The highest BCUT2D eigenvalue weighted by atomic mass is 32.2. The van der Waals surface area contributed by atoms with Crippen LogP contribution in [0.3, 0.4) is 0 Å². The standard InChI is InChI=1S/C8H8N4S2/c1-5-3-13-8(12-5)14-7-2-6(9)10-4-11-7/h2-4H,1H3,(H2,9,10,11). The zero-order valence-corrected chi connectivity index (χ0v) is 9.10. The first kappa shape index (κ1) is 9.42. The molecule has 0 saturated heterocycles. The van der Waals surface area contributed by atoms with Crippen molar-refractivity contribution in [1.82, 2.24) is 15.0 Å². The fourth-order valence-corrected chi connectivity index (χ4v) is 2.64. The van der Waals surface area contributed by atoms with Crippen LogP contribution in [0.4, 0.5) is 5.82 Å². The molecule has 0 fully saturated rings. The van der Waals surface area contributed by atoms with Gasteiger partial charge in [0, 0.05) is 17.1 Å². The topological polar surface area (TPSA) is 64.7 Å². The van der Waals surface area contributed by atoms with Gasteiger partial charge in [0.1, 0.15) is 17.2 Å². The van der Waals surface area contributed by atoms with E-state index in [2.05, 4.69) is 15.0 Å². The van der Waals surface area contributed by atoms with Crippen LogP contribution in [0.1, 0.15) is 5.69 Å². The lowest BCUT2D eigenvalue weighted by atomic mass is 10.6. The third kappa shape index (κ3) is 2.21. The molecule has 0 bridgehead atoms. The van der Waals surface area contributed by atoms with E-state index in [1.54, 1.807) is 17.4 Å². The molecule has 0 spiro atoms. The molecule has 0 saturated carbocycles. The van der Waals surface area contributed by atoms with Crippen molar-refractivity contribution in [2.75, 3.05) is 5.73 Å². The van der Waals surface area contributed by atoms with Crippen molar-refractivity contribution in [3.05, 3.63) is 23.5 Å². The van der Waals surface area contributed by atoms with Gasteiger partial charge in [-0.25, -0.2) is 15.0 Å². The van der Waals surface area contributed by atoms with Gasteiger partial charge in [-0.05, 0) is 18.7 Å². The molecule has 0 unspecified atom stereocenters. The van der Waals surface area contributed by atoms with E-state index in [4.69, 9.17) is 5.73 Å². The van der Waals surface area contributed by atoms with E-state index in [0.29, 0.717) is 5.82 Å². The summed E-state index contributed by atoms with van der Waals surface area (Å²) in [5.74, 6) is 0.482. The summed E-state index contributed by atoms with van der Waals surface area (Å²) >= 11 is 3.10. The van der Waals surface area contributed by atoms with Gasteiger partial charge in [-0.3, -0.25) is 0 Å². The van der Waals surface area contributed by atoms with Gasteiger partial charge in [0.25, 0.3) is 0 Å². The van der Waals surface area contributed by atoms with Gasteiger partial charge in [-0.2, -0.15) is 0 Å². The summed E-state index contributed by atoms with van der Waals surface area (Å²) in [5.41, 5.74) is 6.56. The summed E-state index contributed by atoms with van der Waals surface area (Å²) in [4.78, 5) is 12.2. The predicted octanol–water partition coefficient (Wildman–Crippen LogP) is 1.97. The second-order valence-electron chi connectivity index (χ2n) is 2.64. The van der Waals surface area contributed by atoms with E-state index in [9.17, 15) is 0 Å². The lowest BCUT2D eigenvalue weighted by Gasteiger charge is -1.96. The number of rotatable bonds is 2. The summed E-state index contributed by atoms with van der Waals surface area (Å²) in [6.45, 7) is 1.97. The molecule has 6 heteroatoms. The molecule has 2 rings (SSSR count). The molecule has 0 atom stereocenters. The third-order valence-electron chi connectivity index (χ3n) is 1.45. The first-order valence-electron chi connectivity index (χ1n) is 3.91. The number of nitrogens with zero attached hydrogens (tertiary/aromatic N) is 3. The van der Waals surface area contributed by atoms with Gasteiger partial charge in [0.05, 0.1) is 0 Å². The van der Waals surface area contributed by atoms with Crippen LogP contribution in [0, 0.1) is 6.92 Å². The van der Waals surface area contributed by atoms with Crippen LogP contribution < -0.4 is 5.73 Å². The van der Waals surface area contributed by atoms with Gasteiger partial charge in [-0.15, -0.1) is 11.3 Å². The lowest BCUT2D eigenvalue weighted by molar-refractivity contribution is 1.05. The fourth-order valence-electron chi connectivity index (χ4n) is 0.878. The number of hydrogen-bond acceptors (Lipinski definition) is 6. The van der Waals surface area contributed by atoms with Crippen molar-refractivity contribution in [3.8, 4) is 0 Å². The maximum Gasteiger partial charge on any atom is 0.156 e. The largest absolute Gasteiger partial charge is 0.384 e. The Morgan fingerprint density at radius 3 is 2.93 bits per heavy atom. The van der Waals surface area contributed by atoms with Crippen LogP contribution in [0.5, 0.6) is 0 Å². The molecule has 0 aliphatic carbocycles. The zero-order valence-electron chi connectivity index (χ0n) is 7.47. The monoisotopic (exact) mass is 224 g/mol. The van der Waals surface area contributed by atoms with Crippen molar-refractivity contribution >= 4 is 28.9 Å². The van der Waals surface area contributed by atoms with Crippen molar-refractivity contribution in [2.24, 2.45) is 0 Å². The molecule has 14 heavy (non-hydrogen) atoms. The van der Waals surface area contributed by atoms with E-state index < -0.39 is 0 Å². The average molecular weight is 224 g/mol. The molecule has 2 aromatic rings. The quantitative estimate of drug-likeness (QED) is 0.790. The van der Waals surface area contributed by atoms with Gasteiger partial charge in [0.15, 0.2) is 4.34 Å². The summed E-state index contributed by atoms with van der Waals surface area (Å²) in [5, 5.41) is 2.83. The Kier molecular flexibility index (Phi) is 2.64. The highest BCUT2D eigenvalue weighted by Gasteiger charge is 2.03. The lowest BCUT2D eigenvalue weighted by Crippen LogP contribution is -1.91. The van der Waals surface area contributed by atoms with Crippen LogP contribution in [-0.2, 0) is 0 Å². The fraction of sp³-hybridized carbons (Fsp3) is 0.125. The second-order valence-corrected chi connectivity index (χ2v) is 4.76. The first-order chi connectivity index (χ1) is 6.74. The smallest absolute Gasteiger partial charge is 0.156 e. The van der Waals surface area contributed by atoms with Gasteiger partial charge < -0.3 is 5.73 Å². The SMILES string of the molecule is Cc1csc(Sc2cc(N)ncn2)n1. The summed E-state index contributed by atoms with van der Waals surface area (Å²) < 4.78 is 0.973. The van der Waals surface area contributed by atoms with Crippen LogP contribution in [0.2, 0.25) is 0 Å². The summed E-state index contributed by atoms with van der Waals surface area (Å²) in [7, 11) is 0. The highest BCUT2D eigenvalue weighted by molar-refractivity contribution is 8.01. The minimum absolute atomic E-state index is 0.482. The Morgan fingerprint density at radius 2 is 2.29 bits per heavy atom. The molecule has 2 N–H and O–H groups in total. The van der Waals surface area contributed by atoms with E-state index in [-0.39, 0.29) is 0 Å². The minimum Gasteiger partial charge on any atom is -0.384 e. The van der Waals surface area contributed by atoms with Crippen molar-refractivity contribution in [2.45, 2.75) is 16.3 Å². The Morgan fingerprint density at radius 1 is 1.43 bits per heavy atom. The maximum atomic E-state index is 5.54. The Bertz CT molecular complexity index is 440. The Balaban J connectivity index is 2.18. The summed E-state index contributed by atoms with van der Waals surface area (Å²) in [6, 6.07) is 1.74. The molecule has 0 aromatic carbocycles. The van der Waals surface area contributed by atoms with E-state index >= 15 is 0 Å². The normalized spacial score (nSPS) is 10.4. The van der Waals surface area contributed by atoms with Crippen molar-refractivity contribution in [3.63, 3.8) is 0 Å². The molecule has 4 nitrogen and oxygen atoms in total. The van der Waals surface area contributed by atoms with E-state index in [1.807, 2.05) is 12.3 Å². The number of thiazole rings is 1. The molecule has 0 amide bonds. The van der Waals surface area contributed by atoms with Crippen LogP contribution in [0.15, 0.2) is 27.1 Å². The number of aryl methyl sites for hydroxylation is 1. The van der Waals surface area contributed by atoms with E-state index in [1.165, 1.54) is 18.1 Å². The molecule has 2 heterocycles. The second kappa shape index (κ2) is 3.93. The average Bonchev–Trinajstić information content (AvgIpc) is 2.51. The number of anilines is 1. The molecule has 2 aromatic heterocycles. The zero-order chi connectivity index (χ0) is 9.97. The highest BCUT2D eigenvalue weighted by Crippen LogP contribution is 2.28. The first-order valence-corrected chi connectivity index (χ1v) is 5.61. The Labute approximate surface area is 89.6 Å². The maximum absolute atomic E-state index is 5.54.